The van der Waals surface area contributed by atoms with E-state index in [0.29, 0.717) is 5.56 Å². The van der Waals surface area contributed by atoms with E-state index in [4.69, 9.17) is 11.0 Å². The first-order valence-electron chi connectivity index (χ1n) is 6.42. The molecule has 1 heterocycles. The Labute approximate surface area is 116 Å². The highest BCUT2D eigenvalue weighted by atomic mass is 15.0. The standard InChI is InChI=1S/C16H14N4/c1-10(18)20-15-7-13(6-14-9-19-16(14)15)12-4-2-3-11(5-12)8-17/h2-7,9-10,20H,18H2,1H3. The van der Waals surface area contributed by atoms with Crippen molar-refractivity contribution in [3.05, 3.63) is 52.5 Å². The van der Waals surface area contributed by atoms with Gasteiger partial charge in [-0.2, -0.15) is 5.26 Å². The molecule has 2 aromatic rings. The summed E-state index contributed by atoms with van der Waals surface area (Å²) in [6.45, 7) is 1.89. The van der Waals surface area contributed by atoms with Crippen LogP contribution in [0.5, 0.6) is 0 Å². The van der Waals surface area contributed by atoms with Crippen molar-refractivity contribution in [1.82, 2.24) is 0 Å². The van der Waals surface area contributed by atoms with E-state index < -0.39 is 0 Å². The third-order valence-corrected chi connectivity index (χ3v) is 3.18. The maximum atomic E-state index is 8.99. The molecule has 3 rings (SSSR count). The summed E-state index contributed by atoms with van der Waals surface area (Å²) in [5.74, 6) is 0. The molecular weight excluding hydrogens is 248 g/mol. The molecule has 1 unspecified atom stereocenters. The van der Waals surface area contributed by atoms with Crippen LogP contribution in [0.3, 0.4) is 0 Å². The molecule has 0 aliphatic carbocycles. The van der Waals surface area contributed by atoms with Crippen molar-refractivity contribution in [1.29, 1.82) is 5.26 Å². The van der Waals surface area contributed by atoms with Gasteiger partial charge in [0.25, 0.3) is 0 Å². The molecule has 0 amide bonds. The fourth-order valence-corrected chi connectivity index (χ4v) is 2.26. The number of nitrogens with one attached hydrogen (secondary N) is 1. The molecule has 4 nitrogen and oxygen atoms in total. The lowest BCUT2D eigenvalue weighted by molar-refractivity contribution is 0.848. The minimum Gasteiger partial charge on any atom is -0.369 e. The van der Waals surface area contributed by atoms with E-state index in [9.17, 15) is 0 Å². The Kier molecular flexibility index (Phi) is 2.97. The number of hydrogen-bond donors (Lipinski definition) is 2. The van der Waals surface area contributed by atoms with Gasteiger partial charge in [-0.05, 0) is 42.3 Å². The second kappa shape index (κ2) is 4.80. The van der Waals surface area contributed by atoms with Crippen molar-refractivity contribution in [3.63, 3.8) is 0 Å². The zero-order chi connectivity index (χ0) is 14.1. The molecule has 0 aromatic heterocycles. The second-order valence-corrected chi connectivity index (χ2v) is 4.85. The average molecular weight is 262 g/mol. The van der Waals surface area contributed by atoms with Gasteiger partial charge in [0.15, 0.2) is 0 Å². The van der Waals surface area contributed by atoms with Gasteiger partial charge >= 0.3 is 0 Å². The monoisotopic (exact) mass is 262 g/mol. The van der Waals surface area contributed by atoms with E-state index in [1.165, 1.54) is 0 Å². The van der Waals surface area contributed by atoms with Gasteiger partial charge in [-0.15, -0.1) is 0 Å². The molecule has 4 heteroatoms. The first-order valence-corrected chi connectivity index (χ1v) is 6.42. The van der Waals surface area contributed by atoms with Crippen molar-refractivity contribution in [2.45, 2.75) is 13.1 Å². The first kappa shape index (κ1) is 12.4. The van der Waals surface area contributed by atoms with Crippen LogP contribution in [-0.2, 0) is 0 Å². The molecule has 1 aliphatic rings. The number of rotatable bonds is 3. The zero-order valence-electron chi connectivity index (χ0n) is 11.1. The van der Waals surface area contributed by atoms with Crippen LogP contribution in [0.2, 0.25) is 0 Å². The molecule has 3 N–H and O–H groups in total. The number of nitrogens with two attached hydrogens (primary N) is 1. The molecule has 20 heavy (non-hydrogen) atoms. The average Bonchev–Trinajstić information content (AvgIpc) is 2.40. The van der Waals surface area contributed by atoms with Crippen LogP contribution >= 0.6 is 0 Å². The minimum atomic E-state index is -0.143. The van der Waals surface area contributed by atoms with Gasteiger partial charge in [-0.3, -0.25) is 4.99 Å². The second-order valence-electron chi connectivity index (χ2n) is 4.85. The highest BCUT2D eigenvalue weighted by Crippen LogP contribution is 2.21. The van der Waals surface area contributed by atoms with Crippen LogP contribution in [-0.4, -0.2) is 6.17 Å². The third kappa shape index (κ3) is 2.15. The van der Waals surface area contributed by atoms with Gasteiger partial charge in [0.1, 0.15) is 0 Å². The molecule has 0 saturated heterocycles. The maximum Gasteiger partial charge on any atom is 0.0991 e. The minimum absolute atomic E-state index is 0.143. The van der Waals surface area contributed by atoms with Gasteiger partial charge in [-0.1, -0.05) is 12.1 Å². The number of benzene rings is 2. The van der Waals surface area contributed by atoms with Gasteiger partial charge in [-0.25, -0.2) is 0 Å². The first-order chi connectivity index (χ1) is 9.67. The summed E-state index contributed by atoms with van der Waals surface area (Å²) in [7, 11) is 0. The van der Waals surface area contributed by atoms with Crippen molar-refractivity contribution in [3.8, 4) is 17.2 Å². The molecule has 0 bridgehead atoms. The Morgan fingerprint density at radius 2 is 2.10 bits per heavy atom. The van der Waals surface area contributed by atoms with E-state index in [2.05, 4.69) is 22.4 Å². The van der Waals surface area contributed by atoms with Gasteiger partial charge in [0, 0.05) is 11.4 Å². The highest BCUT2D eigenvalue weighted by Gasteiger charge is 2.09. The number of hydrogen-bond acceptors (Lipinski definition) is 4. The molecule has 0 fully saturated rings. The number of nitriles is 1. The predicted octanol–water partition coefficient (Wildman–Crippen LogP) is 1.31. The third-order valence-electron chi connectivity index (χ3n) is 3.18. The fourth-order valence-electron chi connectivity index (χ4n) is 2.26. The van der Waals surface area contributed by atoms with Gasteiger partial charge in [0.05, 0.1) is 28.8 Å². The van der Waals surface area contributed by atoms with E-state index in [1.807, 2.05) is 37.4 Å². The molecule has 1 aliphatic heterocycles. The van der Waals surface area contributed by atoms with Crippen molar-refractivity contribution in [2.24, 2.45) is 10.7 Å². The van der Waals surface area contributed by atoms with Crippen LogP contribution in [0.4, 0.5) is 5.69 Å². The summed E-state index contributed by atoms with van der Waals surface area (Å²) in [5.41, 5.74) is 9.44. The Morgan fingerprint density at radius 3 is 2.75 bits per heavy atom. The summed E-state index contributed by atoms with van der Waals surface area (Å²) in [6, 6.07) is 13.8. The molecule has 98 valence electrons. The fraction of sp³-hybridized carbons (Fsp3) is 0.125. The lowest BCUT2D eigenvalue weighted by Crippen LogP contribution is -2.37. The maximum absolute atomic E-state index is 8.99. The van der Waals surface area contributed by atoms with Crippen molar-refractivity contribution < 1.29 is 0 Å². The summed E-state index contributed by atoms with van der Waals surface area (Å²) in [6.07, 6.45) is 1.69. The van der Waals surface area contributed by atoms with Crippen molar-refractivity contribution in [2.75, 3.05) is 5.32 Å². The van der Waals surface area contributed by atoms with Crippen LogP contribution in [0.15, 0.2) is 41.4 Å². The zero-order valence-corrected chi connectivity index (χ0v) is 11.1. The Balaban J connectivity index is 2.12. The Morgan fingerprint density at radius 1 is 1.25 bits per heavy atom. The Hall–Kier alpha value is -2.64. The number of nitrogens with zero attached hydrogens (tertiary/aromatic N) is 2. The topological polar surface area (TPSA) is 74.2 Å². The molecule has 1 atom stereocenters. The quantitative estimate of drug-likeness (QED) is 0.819. The number of anilines is 1. The largest absolute Gasteiger partial charge is 0.369 e. The summed E-state index contributed by atoms with van der Waals surface area (Å²) >= 11 is 0. The molecule has 0 radical (unpaired) electrons. The van der Waals surface area contributed by atoms with E-state index in [1.54, 1.807) is 6.07 Å². The van der Waals surface area contributed by atoms with Crippen LogP contribution in [0.1, 0.15) is 12.5 Å². The van der Waals surface area contributed by atoms with Crippen LogP contribution in [0.25, 0.3) is 17.3 Å². The molecular formula is C16H14N4. The van der Waals surface area contributed by atoms with Gasteiger partial charge in [0.2, 0.25) is 0 Å². The smallest absolute Gasteiger partial charge is 0.0991 e. The SMILES string of the molecule is CC(N)Nc1cc(-c2cccc(C#N)c2)cc2c1=NC=2. The lowest BCUT2D eigenvalue weighted by atomic mass is 10.0. The Bertz CT molecular complexity index is 829. The van der Waals surface area contributed by atoms with Crippen LogP contribution in [0, 0.1) is 11.3 Å². The molecule has 2 aromatic carbocycles. The molecule has 0 spiro atoms. The normalized spacial score (nSPS) is 13.1. The van der Waals surface area contributed by atoms with Crippen LogP contribution < -0.4 is 21.6 Å². The summed E-state index contributed by atoms with van der Waals surface area (Å²) in [4.78, 5) is 4.26. The van der Waals surface area contributed by atoms with Gasteiger partial charge < -0.3 is 11.1 Å². The number of fused-ring (bicyclic) bond motifs is 1. The summed E-state index contributed by atoms with van der Waals surface area (Å²) < 4.78 is 0. The summed E-state index contributed by atoms with van der Waals surface area (Å²) in [5, 5.41) is 14.2. The van der Waals surface area contributed by atoms with Crippen molar-refractivity contribution >= 4 is 11.9 Å². The highest BCUT2D eigenvalue weighted by molar-refractivity contribution is 5.70. The van der Waals surface area contributed by atoms with E-state index >= 15 is 0 Å². The van der Waals surface area contributed by atoms with E-state index in [-0.39, 0.29) is 6.17 Å². The molecule has 0 saturated carbocycles. The predicted molar refractivity (Wildman–Crippen MR) is 79.1 cm³/mol. The van der Waals surface area contributed by atoms with E-state index in [0.717, 1.165) is 27.4 Å². The lowest BCUT2D eigenvalue weighted by Gasteiger charge is -2.15.